The quantitative estimate of drug-likeness (QED) is 0.848. The van der Waals surface area contributed by atoms with E-state index < -0.39 is 0 Å². The third-order valence-corrected chi connectivity index (χ3v) is 3.03. The Labute approximate surface area is 110 Å². The molecule has 96 valence electrons. The van der Waals surface area contributed by atoms with Crippen molar-refractivity contribution in [3.8, 4) is 0 Å². The van der Waals surface area contributed by atoms with Crippen molar-refractivity contribution in [1.82, 2.24) is 5.32 Å². The molecule has 0 heterocycles. The van der Waals surface area contributed by atoms with Crippen LogP contribution in [0, 0.1) is 0 Å². The van der Waals surface area contributed by atoms with Crippen LogP contribution in [0.1, 0.15) is 33.3 Å². The van der Waals surface area contributed by atoms with Crippen LogP contribution in [0.3, 0.4) is 0 Å². The largest absolute Gasteiger partial charge is 0.324 e. The van der Waals surface area contributed by atoms with Crippen molar-refractivity contribution < 1.29 is 0 Å². The predicted octanol–water partition coefficient (Wildman–Crippen LogP) is 2.94. The Morgan fingerprint density at radius 2 is 1.59 bits per heavy atom. The van der Waals surface area contributed by atoms with Crippen LogP contribution in [0.2, 0.25) is 5.02 Å². The van der Waals surface area contributed by atoms with Crippen LogP contribution in [0.4, 0.5) is 0 Å². The first-order valence-corrected chi connectivity index (χ1v) is 6.34. The monoisotopic (exact) mass is 254 g/mol. The van der Waals surface area contributed by atoms with E-state index in [2.05, 4.69) is 31.3 Å². The molecule has 2 nitrogen and oxygen atoms in total. The molecule has 0 bridgehead atoms. The fourth-order valence-corrected chi connectivity index (χ4v) is 1.83. The van der Waals surface area contributed by atoms with E-state index in [0.717, 1.165) is 18.1 Å². The number of hydrogen-bond acceptors (Lipinski definition) is 2. The van der Waals surface area contributed by atoms with E-state index in [9.17, 15) is 0 Å². The molecular formula is C14H23ClN2. The maximum Gasteiger partial charge on any atom is 0.0406 e. The smallest absolute Gasteiger partial charge is 0.0406 e. The van der Waals surface area contributed by atoms with E-state index in [1.165, 1.54) is 5.56 Å². The second-order valence-corrected chi connectivity index (χ2v) is 6.42. The van der Waals surface area contributed by atoms with Gasteiger partial charge in [0.1, 0.15) is 0 Å². The summed E-state index contributed by atoms with van der Waals surface area (Å²) in [5.41, 5.74) is 7.13. The second-order valence-electron chi connectivity index (χ2n) is 5.98. The van der Waals surface area contributed by atoms with Crippen molar-refractivity contribution >= 4 is 11.6 Å². The lowest BCUT2D eigenvalue weighted by Gasteiger charge is -2.28. The number of halogens is 1. The van der Waals surface area contributed by atoms with Gasteiger partial charge in [-0.2, -0.15) is 0 Å². The molecule has 0 aliphatic rings. The summed E-state index contributed by atoms with van der Waals surface area (Å²) < 4.78 is 0. The summed E-state index contributed by atoms with van der Waals surface area (Å²) in [5, 5.41) is 4.20. The molecule has 0 saturated heterocycles. The van der Waals surface area contributed by atoms with Crippen LogP contribution in [-0.2, 0) is 5.41 Å². The first-order valence-electron chi connectivity index (χ1n) is 5.96. The minimum Gasteiger partial charge on any atom is -0.324 e. The van der Waals surface area contributed by atoms with Crippen LogP contribution in [0.5, 0.6) is 0 Å². The lowest BCUT2D eigenvalue weighted by atomic mass is 9.84. The van der Waals surface area contributed by atoms with Crippen molar-refractivity contribution in [3.05, 3.63) is 34.9 Å². The maximum absolute atomic E-state index is 5.94. The molecule has 0 atom stereocenters. The maximum atomic E-state index is 5.94. The van der Waals surface area contributed by atoms with Crippen LogP contribution in [0.25, 0.3) is 0 Å². The number of benzene rings is 1. The van der Waals surface area contributed by atoms with Crippen molar-refractivity contribution in [2.24, 2.45) is 5.73 Å². The Hall–Kier alpha value is -0.570. The summed E-state index contributed by atoms with van der Waals surface area (Å²) in [6.45, 7) is 10.2. The van der Waals surface area contributed by atoms with Crippen LogP contribution in [0.15, 0.2) is 24.3 Å². The van der Waals surface area contributed by atoms with Crippen molar-refractivity contribution in [1.29, 1.82) is 0 Å². The third kappa shape index (κ3) is 5.07. The highest BCUT2D eigenvalue weighted by Gasteiger charge is 2.21. The molecule has 0 aliphatic heterocycles. The Bertz CT molecular complexity index is 349. The van der Waals surface area contributed by atoms with E-state index in [1.54, 1.807) is 0 Å². The lowest BCUT2D eigenvalue weighted by molar-refractivity contribution is 0.411. The van der Waals surface area contributed by atoms with Gasteiger partial charge < -0.3 is 11.1 Å². The van der Waals surface area contributed by atoms with Gasteiger partial charge in [-0.25, -0.2) is 0 Å². The Morgan fingerprint density at radius 1 is 1.06 bits per heavy atom. The van der Waals surface area contributed by atoms with Crippen molar-refractivity contribution in [3.63, 3.8) is 0 Å². The second kappa shape index (κ2) is 5.38. The van der Waals surface area contributed by atoms with Gasteiger partial charge in [-0.15, -0.1) is 0 Å². The Morgan fingerprint density at radius 3 is 2.06 bits per heavy atom. The minimum atomic E-state index is -0.171. The van der Waals surface area contributed by atoms with Gasteiger partial charge in [0, 0.05) is 29.1 Å². The summed E-state index contributed by atoms with van der Waals surface area (Å²) in [6.07, 6.45) is 0. The zero-order chi connectivity index (χ0) is 13.1. The number of nitrogens with one attached hydrogen (secondary N) is 1. The van der Waals surface area contributed by atoms with Crippen molar-refractivity contribution in [2.45, 2.75) is 38.6 Å². The third-order valence-electron chi connectivity index (χ3n) is 2.77. The van der Waals surface area contributed by atoms with E-state index in [0.29, 0.717) is 0 Å². The summed E-state index contributed by atoms with van der Waals surface area (Å²) >= 11 is 5.89. The topological polar surface area (TPSA) is 38.0 Å². The highest BCUT2D eigenvalue weighted by Crippen LogP contribution is 2.23. The molecule has 3 N–H and O–H groups in total. The summed E-state index contributed by atoms with van der Waals surface area (Å²) in [5.74, 6) is 0. The van der Waals surface area contributed by atoms with Gasteiger partial charge in [-0.1, -0.05) is 37.6 Å². The molecule has 0 spiro atoms. The molecule has 0 unspecified atom stereocenters. The minimum absolute atomic E-state index is 0.0792. The lowest BCUT2D eigenvalue weighted by Crippen LogP contribution is -2.46. The van der Waals surface area contributed by atoms with E-state index in [-0.39, 0.29) is 11.0 Å². The molecule has 3 heteroatoms. The normalized spacial score (nSPS) is 12.8. The molecule has 0 saturated carbocycles. The molecule has 1 rings (SSSR count). The molecule has 0 aromatic heterocycles. The Balaban J connectivity index is 2.59. The number of rotatable bonds is 5. The average molecular weight is 255 g/mol. The molecule has 0 amide bonds. The van der Waals surface area contributed by atoms with E-state index in [4.69, 9.17) is 17.3 Å². The van der Waals surface area contributed by atoms with Gasteiger partial charge in [-0.05, 0) is 31.5 Å². The molecule has 0 radical (unpaired) electrons. The zero-order valence-corrected chi connectivity index (χ0v) is 11.9. The standard InChI is InChI=1S/C14H23ClN2/c1-13(2,9-17-10-14(3,4)16)11-5-7-12(15)8-6-11/h5-8,17H,9-10,16H2,1-4H3. The predicted molar refractivity (Wildman–Crippen MR) is 75.6 cm³/mol. The van der Waals surface area contributed by atoms with Gasteiger partial charge in [0.25, 0.3) is 0 Å². The molecule has 0 aliphatic carbocycles. The van der Waals surface area contributed by atoms with E-state index in [1.807, 2.05) is 26.0 Å². The average Bonchev–Trinajstić information content (AvgIpc) is 2.15. The Kier molecular flexibility index (Phi) is 4.59. The number of hydrogen-bond donors (Lipinski definition) is 2. The highest BCUT2D eigenvalue weighted by molar-refractivity contribution is 6.30. The molecular weight excluding hydrogens is 232 g/mol. The first kappa shape index (κ1) is 14.5. The summed E-state index contributed by atoms with van der Waals surface area (Å²) in [4.78, 5) is 0. The van der Waals surface area contributed by atoms with E-state index >= 15 is 0 Å². The van der Waals surface area contributed by atoms with Crippen molar-refractivity contribution in [2.75, 3.05) is 13.1 Å². The van der Waals surface area contributed by atoms with Crippen LogP contribution >= 0.6 is 11.6 Å². The molecule has 0 fully saturated rings. The summed E-state index contributed by atoms with van der Waals surface area (Å²) in [7, 11) is 0. The zero-order valence-electron chi connectivity index (χ0n) is 11.2. The van der Waals surface area contributed by atoms with Gasteiger partial charge >= 0.3 is 0 Å². The SMILES string of the molecule is CC(C)(N)CNCC(C)(C)c1ccc(Cl)cc1. The van der Waals surface area contributed by atoms with Gasteiger partial charge in [0.2, 0.25) is 0 Å². The first-order chi connectivity index (χ1) is 7.71. The molecule has 1 aromatic rings. The van der Waals surface area contributed by atoms with Crippen LogP contribution in [-0.4, -0.2) is 18.6 Å². The number of nitrogens with two attached hydrogens (primary N) is 1. The highest BCUT2D eigenvalue weighted by atomic mass is 35.5. The fourth-order valence-electron chi connectivity index (χ4n) is 1.70. The van der Waals surface area contributed by atoms with Gasteiger partial charge in [-0.3, -0.25) is 0 Å². The summed E-state index contributed by atoms with van der Waals surface area (Å²) in [6, 6.07) is 8.03. The van der Waals surface area contributed by atoms with Crippen LogP contribution < -0.4 is 11.1 Å². The molecule has 1 aromatic carbocycles. The van der Waals surface area contributed by atoms with Gasteiger partial charge in [0.15, 0.2) is 0 Å². The van der Waals surface area contributed by atoms with Gasteiger partial charge in [0.05, 0.1) is 0 Å². The fraction of sp³-hybridized carbons (Fsp3) is 0.571. The molecule has 17 heavy (non-hydrogen) atoms.